The molecule has 0 aromatic heterocycles. The molecule has 0 saturated carbocycles. The van der Waals surface area contributed by atoms with E-state index in [9.17, 15) is 62.6 Å². The van der Waals surface area contributed by atoms with E-state index >= 15 is 9.59 Å². The highest BCUT2D eigenvalue weighted by molar-refractivity contribution is 6.03. The van der Waals surface area contributed by atoms with Crippen LogP contribution in [0.4, 0.5) is 0 Å². The minimum Gasteiger partial charge on any atom is -0.458 e. The van der Waals surface area contributed by atoms with Crippen LogP contribution in [0.15, 0.2) is 42.1 Å². The number of nitrogens with one attached hydrogen (secondary N) is 10. The Morgan fingerprint density at radius 2 is 1.23 bits per heavy atom. The minimum atomic E-state index is -1.82. The van der Waals surface area contributed by atoms with Crippen molar-refractivity contribution < 1.29 is 77.0 Å². The molecule has 2 heterocycles. The smallest absolute Gasteiger partial charge is 0.329 e. The number of esters is 1. The van der Waals surface area contributed by atoms with Crippen molar-refractivity contribution in [3.8, 4) is 0 Å². The van der Waals surface area contributed by atoms with E-state index in [4.69, 9.17) is 10.5 Å². The molecule has 11 unspecified atom stereocenters. The van der Waals surface area contributed by atoms with Gasteiger partial charge >= 0.3 is 5.97 Å². The maximum Gasteiger partial charge on any atom is 0.329 e. The molecule has 16 atom stereocenters. The maximum absolute atomic E-state index is 15.0. The molecule has 105 heavy (non-hydrogen) atoms. The lowest BCUT2D eigenvalue weighted by molar-refractivity contribution is -0.157. The van der Waals surface area contributed by atoms with Crippen LogP contribution in [-0.4, -0.2) is 178 Å². The van der Waals surface area contributed by atoms with Crippen LogP contribution in [-0.2, 0) is 78.3 Å². The van der Waals surface area contributed by atoms with Gasteiger partial charge in [-0.2, -0.15) is 0 Å². The second-order valence-corrected chi connectivity index (χ2v) is 30.8. The third-order valence-corrected chi connectivity index (χ3v) is 20.0. The minimum absolute atomic E-state index is 0.00604. The SMILES string of the molecule is C/C=C1\NC(=O)[C@H](Cc2ccccc2)NC(=O)C(C(C)C)NC(=O)C(C(C)CC)NC(=O)[C@H](NC(=O)C(NC(=O)[C@H](CCCN)NC(=O)C2CCCN2C(=O)C(NC(=O)[C@@H](NC(=O)C(CC(=O)C(CC(=O)CCCC(C)C)C(C)C)C(C)O)C(C)C)C(C)C)C(C)CC)C(C)OC(=O)[C@H](C(C)C)NC1=O. The van der Waals surface area contributed by atoms with Crippen molar-refractivity contribution in [2.45, 2.75) is 281 Å². The third kappa shape index (κ3) is 27.9. The number of hydrogen-bond acceptors (Lipinski definition) is 17. The summed E-state index contributed by atoms with van der Waals surface area (Å²) in [7, 11) is 0. The topological polar surface area (TPSA) is 418 Å². The molecule has 2 aliphatic heterocycles. The van der Waals surface area contributed by atoms with Crippen LogP contribution < -0.4 is 58.9 Å². The summed E-state index contributed by atoms with van der Waals surface area (Å²) in [5, 5.41) is 38.1. The van der Waals surface area contributed by atoms with Crippen molar-refractivity contribution in [2.24, 2.45) is 64.9 Å². The molecule has 2 saturated heterocycles. The number of ether oxygens (including phenoxy) is 1. The Kier molecular flexibility index (Phi) is 38.2. The van der Waals surface area contributed by atoms with Crippen LogP contribution in [0.25, 0.3) is 0 Å². The Morgan fingerprint density at radius 3 is 1.77 bits per heavy atom. The zero-order valence-corrected chi connectivity index (χ0v) is 65.7. The molecule has 28 heteroatoms. The van der Waals surface area contributed by atoms with Gasteiger partial charge in [0, 0.05) is 38.1 Å². The molecule has 2 fully saturated rings. The zero-order chi connectivity index (χ0) is 79.4. The summed E-state index contributed by atoms with van der Waals surface area (Å²) >= 11 is 0. The number of benzene rings is 1. The first-order valence-electron chi connectivity index (χ1n) is 37.9. The Balaban J connectivity index is 2.00. The summed E-state index contributed by atoms with van der Waals surface area (Å²) in [6, 6.07) is -4.92. The van der Waals surface area contributed by atoms with Crippen molar-refractivity contribution in [3.63, 3.8) is 0 Å². The van der Waals surface area contributed by atoms with Crippen molar-refractivity contribution in [3.05, 3.63) is 47.7 Å². The van der Waals surface area contributed by atoms with Gasteiger partial charge < -0.3 is 73.6 Å². The van der Waals surface area contributed by atoms with Gasteiger partial charge in [-0.25, -0.2) is 4.79 Å². The molecular formula is C77H126N12O16. The molecule has 590 valence electrons. The first kappa shape index (κ1) is 91.1. The van der Waals surface area contributed by atoms with Gasteiger partial charge in [-0.15, -0.1) is 0 Å². The molecule has 0 aliphatic carbocycles. The number of carbonyl (C=O) groups excluding carboxylic acids is 14. The van der Waals surface area contributed by atoms with E-state index < -0.39 is 191 Å². The Morgan fingerprint density at radius 1 is 0.638 bits per heavy atom. The molecule has 3 rings (SSSR count). The van der Waals surface area contributed by atoms with Gasteiger partial charge in [0.2, 0.25) is 59.1 Å². The summed E-state index contributed by atoms with van der Waals surface area (Å²) in [5.74, 6) is -15.9. The predicted octanol–water partition coefficient (Wildman–Crippen LogP) is 4.02. The fraction of sp³-hybridized carbons (Fsp3) is 0.714. The third-order valence-electron chi connectivity index (χ3n) is 20.0. The number of ketones is 2. The van der Waals surface area contributed by atoms with Crippen LogP contribution >= 0.6 is 0 Å². The normalized spacial score (nSPS) is 22.6. The predicted molar refractivity (Wildman–Crippen MR) is 398 cm³/mol. The van der Waals surface area contributed by atoms with Crippen LogP contribution in [0.5, 0.6) is 0 Å². The highest BCUT2D eigenvalue weighted by Gasteiger charge is 2.45. The Bertz CT molecular complexity index is 3150. The number of rotatable bonds is 35. The standard InChI is InChI=1S/C77H126N12O16/c1-20-46(16)63(74(101)88-65-49(19)105-77(104)62(45(14)15)85-67(94)54(22-3)79-69(96)56(37-50-30-24-23-25-31-50)81-71(98)59(42(8)9)83-73(100)64(47(17)21-2)87-75(65)102)86-68(95)55(33-27-35-78)80-70(97)57-34-28-36-89(57)76(103)61(44(12)13)84-72(99)60(43(10)11)82-66(93)53(48(18)90)39-58(92)52(41(6)7)38-51(91)32-26-29-40(4)5/h22-25,30-31,40-49,52-53,55-57,59-65,90H,20-21,26-29,32-39,78H2,1-19H3,(H,79,96)(H,80,97)(H,81,98)(H,82,93)(H,83,100)(H,84,99)(H,85,94)(H,86,95)(H,87,102)(H,88,101)/b54-22-/t46?,47?,48?,49?,52?,53?,55-,56-,57?,59?,60-,61?,62-,63?,64?,65+/m0/s1. The van der Waals surface area contributed by atoms with E-state index in [-0.39, 0.29) is 81.2 Å². The van der Waals surface area contributed by atoms with E-state index in [0.29, 0.717) is 37.2 Å². The summed E-state index contributed by atoms with van der Waals surface area (Å²) < 4.78 is 5.97. The van der Waals surface area contributed by atoms with Gasteiger partial charge in [0.15, 0.2) is 0 Å². The average molecular weight is 1480 g/mol. The lowest BCUT2D eigenvalue weighted by Gasteiger charge is -2.33. The summed E-state index contributed by atoms with van der Waals surface area (Å²) in [6.45, 7) is 32.2. The molecule has 0 spiro atoms. The Labute approximate surface area is 621 Å². The number of nitrogens with zero attached hydrogens (tertiary/aromatic N) is 1. The van der Waals surface area contributed by atoms with Gasteiger partial charge in [0.05, 0.1) is 12.0 Å². The van der Waals surface area contributed by atoms with Crippen molar-refractivity contribution >= 4 is 82.5 Å². The van der Waals surface area contributed by atoms with Gasteiger partial charge in [0.1, 0.15) is 83.8 Å². The molecule has 1 aromatic rings. The second kappa shape index (κ2) is 44.1. The number of hydrogen-bond donors (Lipinski definition) is 12. The number of amides is 11. The van der Waals surface area contributed by atoms with Gasteiger partial charge in [-0.05, 0) is 112 Å². The number of Topliss-reactive ketones (excluding diaryl/α,β-unsaturated/α-hetero) is 2. The molecule has 11 amide bonds. The average Bonchev–Trinajstić information content (AvgIpc) is 1.79. The monoisotopic (exact) mass is 1470 g/mol. The quantitative estimate of drug-likeness (QED) is 0.0337. The van der Waals surface area contributed by atoms with E-state index in [1.54, 1.807) is 113 Å². The number of allylic oxidation sites excluding steroid dienone is 1. The van der Waals surface area contributed by atoms with Crippen LogP contribution in [0, 0.1) is 59.2 Å². The van der Waals surface area contributed by atoms with Crippen LogP contribution in [0.2, 0.25) is 0 Å². The summed E-state index contributed by atoms with van der Waals surface area (Å²) in [4.78, 5) is 203. The molecule has 0 bridgehead atoms. The lowest BCUT2D eigenvalue weighted by atomic mass is 9.81. The number of carbonyl (C=O) groups is 14. The lowest BCUT2D eigenvalue weighted by Crippen LogP contribution is -2.64. The second-order valence-electron chi connectivity index (χ2n) is 30.8. The van der Waals surface area contributed by atoms with Gasteiger partial charge in [-0.1, -0.05) is 166 Å². The number of nitrogens with two attached hydrogens (primary N) is 1. The molecule has 1 aromatic carbocycles. The summed E-state index contributed by atoms with van der Waals surface area (Å²) in [5.41, 5.74) is 6.35. The van der Waals surface area contributed by atoms with Crippen molar-refractivity contribution in [1.82, 2.24) is 58.1 Å². The zero-order valence-electron chi connectivity index (χ0n) is 65.7. The molecule has 28 nitrogen and oxygen atoms in total. The molecule has 2 aliphatic rings. The van der Waals surface area contributed by atoms with Gasteiger partial charge in [0.25, 0.3) is 5.91 Å². The van der Waals surface area contributed by atoms with E-state index in [1.165, 1.54) is 31.7 Å². The van der Waals surface area contributed by atoms with E-state index in [1.807, 2.05) is 13.8 Å². The molecular weight excluding hydrogens is 1350 g/mol. The molecule has 0 radical (unpaired) electrons. The summed E-state index contributed by atoms with van der Waals surface area (Å²) in [6.07, 6.45) is 1.11. The van der Waals surface area contributed by atoms with Crippen LogP contribution in [0.3, 0.4) is 0 Å². The van der Waals surface area contributed by atoms with Crippen molar-refractivity contribution in [2.75, 3.05) is 13.1 Å². The fourth-order valence-electron chi connectivity index (χ4n) is 12.7. The first-order chi connectivity index (χ1) is 49.2. The number of likely N-dealkylation sites (tertiary alicyclic amines) is 1. The number of aliphatic hydroxyl groups excluding tert-OH is 1. The van der Waals surface area contributed by atoms with Gasteiger partial charge in [-0.3, -0.25) is 62.3 Å². The van der Waals surface area contributed by atoms with Crippen molar-refractivity contribution in [1.29, 1.82) is 0 Å². The Hall–Kier alpha value is -8.14. The van der Waals surface area contributed by atoms with E-state index in [0.717, 1.165) is 6.42 Å². The first-order valence-corrected chi connectivity index (χ1v) is 37.9. The highest BCUT2D eigenvalue weighted by Crippen LogP contribution is 2.26. The number of cyclic esters (lactones) is 1. The van der Waals surface area contributed by atoms with Crippen LogP contribution in [0.1, 0.15) is 208 Å². The molecule has 13 N–H and O–H groups in total. The highest BCUT2D eigenvalue weighted by atomic mass is 16.5. The fourth-order valence-corrected chi connectivity index (χ4v) is 12.7. The largest absolute Gasteiger partial charge is 0.458 e. The number of aliphatic hydroxyl groups is 1. The van der Waals surface area contributed by atoms with E-state index in [2.05, 4.69) is 67.0 Å². The maximum atomic E-state index is 15.0.